The normalized spacial score (nSPS) is 16.8. The largest absolute Gasteiger partial charge is 0.456 e. The third-order valence-electron chi connectivity index (χ3n) is 4.25. The molecule has 0 bridgehead atoms. The summed E-state index contributed by atoms with van der Waals surface area (Å²) >= 11 is 0. The summed E-state index contributed by atoms with van der Waals surface area (Å²) in [5.74, 6) is 0.719. The van der Waals surface area contributed by atoms with E-state index in [0.717, 1.165) is 23.4 Å². The predicted molar refractivity (Wildman–Crippen MR) is 89.8 cm³/mol. The Hall–Kier alpha value is -2.83. The number of fused-ring (bicyclic) bond motifs is 1. The molecule has 1 amide bonds. The molecule has 3 rings (SSSR count). The average Bonchev–Trinajstić information content (AvgIpc) is 2.60. The second-order valence-electron chi connectivity index (χ2n) is 6.16. The van der Waals surface area contributed by atoms with Gasteiger partial charge >= 0.3 is 6.18 Å². The number of carbonyl (C=O) groups excluding carboxylic acids is 1. The van der Waals surface area contributed by atoms with Crippen molar-refractivity contribution in [2.75, 3.05) is 6.54 Å². The Morgan fingerprint density at radius 3 is 2.65 bits per heavy atom. The molecule has 2 heterocycles. The number of carbonyl (C=O) groups is 1. The summed E-state index contributed by atoms with van der Waals surface area (Å²) in [4.78, 5) is 17.0. The van der Waals surface area contributed by atoms with Crippen LogP contribution in [0.2, 0.25) is 0 Å². The van der Waals surface area contributed by atoms with E-state index in [1.54, 1.807) is 17.0 Å². The highest BCUT2D eigenvalue weighted by Gasteiger charge is 2.32. The Balaban J connectivity index is 1.80. The Bertz CT molecular complexity index is 832. The topological polar surface area (TPSA) is 42.4 Å². The lowest BCUT2D eigenvalue weighted by Crippen LogP contribution is -2.36. The van der Waals surface area contributed by atoms with Crippen LogP contribution in [0.4, 0.5) is 13.2 Å². The van der Waals surface area contributed by atoms with E-state index in [9.17, 15) is 18.0 Å². The van der Waals surface area contributed by atoms with Gasteiger partial charge in [-0.2, -0.15) is 13.2 Å². The molecule has 0 fully saturated rings. The minimum Gasteiger partial charge on any atom is -0.456 e. The van der Waals surface area contributed by atoms with Crippen molar-refractivity contribution in [3.63, 3.8) is 0 Å². The number of hydrogen-bond acceptors (Lipinski definition) is 3. The van der Waals surface area contributed by atoms with Crippen LogP contribution in [-0.4, -0.2) is 22.3 Å². The van der Waals surface area contributed by atoms with Gasteiger partial charge in [-0.1, -0.05) is 19.6 Å². The zero-order valence-electron chi connectivity index (χ0n) is 14.1. The van der Waals surface area contributed by atoms with E-state index in [1.165, 1.54) is 12.1 Å². The highest BCUT2D eigenvalue weighted by Crippen LogP contribution is 2.33. The molecule has 0 saturated carbocycles. The lowest BCUT2D eigenvalue weighted by molar-refractivity contribution is -0.141. The molecular formula is C19H17F3N2O2. The molecule has 1 aromatic heterocycles. The Labute approximate surface area is 148 Å². The van der Waals surface area contributed by atoms with Crippen molar-refractivity contribution in [2.45, 2.75) is 25.6 Å². The van der Waals surface area contributed by atoms with Crippen molar-refractivity contribution in [1.82, 2.24) is 9.88 Å². The maximum atomic E-state index is 12.6. The first-order chi connectivity index (χ1) is 12.3. The van der Waals surface area contributed by atoms with Crippen LogP contribution >= 0.6 is 0 Å². The third-order valence-corrected chi connectivity index (χ3v) is 4.25. The van der Waals surface area contributed by atoms with Crippen molar-refractivity contribution in [1.29, 1.82) is 0 Å². The number of ether oxygens (including phenoxy) is 1. The van der Waals surface area contributed by atoms with Crippen LogP contribution in [0.5, 0.6) is 11.5 Å². The van der Waals surface area contributed by atoms with Crippen molar-refractivity contribution >= 4 is 5.91 Å². The molecule has 0 radical (unpaired) electrons. The Morgan fingerprint density at radius 2 is 2.04 bits per heavy atom. The van der Waals surface area contributed by atoms with E-state index in [2.05, 4.69) is 11.6 Å². The molecule has 0 saturated heterocycles. The van der Waals surface area contributed by atoms with Crippen LogP contribution in [0, 0.1) is 0 Å². The highest BCUT2D eigenvalue weighted by molar-refractivity contribution is 5.87. The van der Waals surface area contributed by atoms with Crippen molar-refractivity contribution in [3.05, 3.63) is 66.0 Å². The first kappa shape index (κ1) is 18.0. The van der Waals surface area contributed by atoms with E-state index < -0.39 is 11.9 Å². The van der Waals surface area contributed by atoms with Crippen LogP contribution < -0.4 is 4.74 Å². The second-order valence-corrected chi connectivity index (χ2v) is 6.16. The van der Waals surface area contributed by atoms with Gasteiger partial charge in [-0.15, -0.1) is 0 Å². The number of nitrogens with zero attached hydrogens (tertiary/aromatic N) is 2. The summed E-state index contributed by atoms with van der Waals surface area (Å²) < 4.78 is 43.3. The number of amides is 1. The molecule has 1 atom stereocenters. The molecular weight excluding hydrogens is 345 g/mol. The van der Waals surface area contributed by atoms with Gasteiger partial charge in [0.25, 0.3) is 0 Å². The summed E-state index contributed by atoms with van der Waals surface area (Å²) in [7, 11) is 0. The highest BCUT2D eigenvalue weighted by atomic mass is 19.4. The van der Waals surface area contributed by atoms with Crippen LogP contribution in [0.15, 0.2) is 49.2 Å². The molecule has 4 nitrogen and oxygen atoms in total. The molecule has 1 unspecified atom stereocenters. The summed E-state index contributed by atoms with van der Waals surface area (Å²) in [5.41, 5.74) is 1.09. The van der Waals surface area contributed by atoms with Gasteiger partial charge < -0.3 is 9.64 Å². The van der Waals surface area contributed by atoms with Gasteiger partial charge in [0, 0.05) is 13.1 Å². The summed E-state index contributed by atoms with van der Waals surface area (Å²) in [6, 6.07) is 7.58. The first-order valence-corrected chi connectivity index (χ1v) is 8.03. The van der Waals surface area contributed by atoms with Crippen LogP contribution in [0.1, 0.15) is 29.7 Å². The van der Waals surface area contributed by atoms with Crippen molar-refractivity contribution in [3.8, 4) is 11.5 Å². The predicted octanol–water partition coefficient (Wildman–Crippen LogP) is 4.52. The number of benzene rings is 1. The van der Waals surface area contributed by atoms with E-state index in [0.29, 0.717) is 18.8 Å². The maximum absolute atomic E-state index is 12.6. The quantitative estimate of drug-likeness (QED) is 0.754. The SMILES string of the molecule is C=CC(=O)N1Cc2cc(Oc3ccc(C(F)(F)F)nc3)ccc2C(C)C1. The number of aromatic nitrogens is 1. The average molecular weight is 362 g/mol. The molecule has 0 aliphatic carbocycles. The number of hydrogen-bond donors (Lipinski definition) is 0. The van der Waals surface area contributed by atoms with Crippen LogP contribution in [0.3, 0.4) is 0 Å². The summed E-state index contributed by atoms with van der Waals surface area (Å²) in [6.45, 7) is 6.59. The van der Waals surface area contributed by atoms with E-state index in [-0.39, 0.29) is 17.6 Å². The standard InChI is InChI=1S/C19H17F3N2O2/c1-3-18(25)24-10-12(2)16-6-4-14(8-13(16)11-24)26-15-5-7-17(23-9-15)19(20,21)22/h3-9,12H,1,10-11H2,2H3. The van der Waals surface area contributed by atoms with Gasteiger partial charge in [-0.3, -0.25) is 4.79 Å². The molecule has 7 heteroatoms. The number of halogens is 3. The maximum Gasteiger partial charge on any atom is 0.433 e. The van der Waals surface area contributed by atoms with Crippen molar-refractivity contribution in [2.24, 2.45) is 0 Å². The fraction of sp³-hybridized carbons (Fsp3) is 0.263. The zero-order valence-corrected chi connectivity index (χ0v) is 14.1. The lowest BCUT2D eigenvalue weighted by Gasteiger charge is -2.32. The minimum atomic E-state index is -4.48. The van der Waals surface area contributed by atoms with E-state index in [1.807, 2.05) is 13.0 Å². The van der Waals surface area contributed by atoms with Crippen LogP contribution in [-0.2, 0) is 17.5 Å². The third kappa shape index (κ3) is 3.71. The fourth-order valence-corrected chi connectivity index (χ4v) is 3.00. The fourth-order valence-electron chi connectivity index (χ4n) is 3.00. The number of alkyl halides is 3. The summed E-state index contributed by atoms with van der Waals surface area (Å²) in [5, 5.41) is 0. The molecule has 26 heavy (non-hydrogen) atoms. The van der Waals surface area contributed by atoms with Gasteiger partial charge in [-0.05, 0) is 47.4 Å². The monoisotopic (exact) mass is 362 g/mol. The number of rotatable bonds is 3. The second kappa shape index (κ2) is 6.82. The molecule has 1 aliphatic heterocycles. The van der Waals surface area contributed by atoms with Gasteiger partial charge in [0.15, 0.2) is 0 Å². The molecule has 0 spiro atoms. The van der Waals surface area contributed by atoms with Crippen molar-refractivity contribution < 1.29 is 22.7 Å². The number of pyridine rings is 1. The molecule has 1 aromatic carbocycles. The lowest BCUT2D eigenvalue weighted by atomic mass is 9.91. The Kier molecular flexibility index (Phi) is 4.71. The van der Waals surface area contributed by atoms with E-state index in [4.69, 9.17) is 4.74 Å². The zero-order chi connectivity index (χ0) is 18.9. The summed E-state index contributed by atoms with van der Waals surface area (Å²) in [6.07, 6.45) is -2.16. The molecule has 2 aromatic rings. The van der Waals surface area contributed by atoms with Crippen LogP contribution in [0.25, 0.3) is 0 Å². The van der Waals surface area contributed by atoms with Gasteiger partial charge in [0.1, 0.15) is 17.2 Å². The van der Waals surface area contributed by atoms with Gasteiger partial charge in [0.2, 0.25) is 5.91 Å². The van der Waals surface area contributed by atoms with Gasteiger partial charge in [0.05, 0.1) is 6.20 Å². The van der Waals surface area contributed by atoms with E-state index >= 15 is 0 Å². The van der Waals surface area contributed by atoms with Gasteiger partial charge in [-0.25, -0.2) is 4.98 Å². The molecule has 136 valence electrons. The molecule has 0 N–H and O–H groups in total. The Morgan fingerprint density at radius 1 is 1.31 bits per heavy atom. The first-order valence-electron chi connectivity index (χ1n) is 8.03. The molecule has 1 aliphatic rings. The smallest absolute Gasteiger partial charge is 0.433 e. The minimum absolute atomic E-state index is 0.138.